The van der Waals surface area contributed by atoms with E-state index in [1.54, 1.807) is 0 Å². The summed E-state index contributed by atoms with van der Waals surface area (Å²) in [5.74, 6) is 0. The SMILES string of the molecule is C[SiH](C)OBO. The molecule has 0 spiro atoms. The first-order valence-electron chi connectivity index (χ1n) is 2.00. The van der Waals surface area contributed by atoms with Gasteiger partial charge in [-0.05, 0) is 13.1 Å². The van der Waals surface area contributed by atoms with Crippen LogP contribution in [0, 0.1) is 0 Å². The summed E-state index contributed by atoms with van der Waals surface area (Å²) in [5, 5.41) is 8.05. The number of rotatable bonds is 2. The van der Waals surface area contributed by atoms with E-state index in [-0.39, 0.29) is 7.69 Å². The Bertz CT molecular complexity index is 32.7. The lowest BCUT2D eigenvalue weighted by molar-refractivity contribution is 0.463. The van der Waals surface area contributed by atoms with Gasteiger partial charge in [-0.1, -0.05) is 0 Å². The van der Waals surface area contributed by atoms with Crippen LogP contribution >= 0.6 is 0 Å². The summed E-state index contributed by atoms with van der Waals surface area (Å²) in [6, 6.07) is 0. The Hall–Kier alpha value is 0.202. The lowest BCUT2D eigenvalue weighted by atomic mass is 10.4. The van der Waals surface area contributed by atoms with Crippen LogP contribution in [0.5, 0.6) is 0 Å². The zero-order chi connectivity index (χ0) is 4.99. The van der Waals surface area contributed by atoms with Crippen LogP contribution in [0.2, 0.25) is 13.1 Å². The van der Waals surface area contributed by atoms with E-state index in [4.69, 9.17) is 9.37 Å². The van der Waals surface area contributed by atoms with Crippen LogP contribution in [0.1, 0.15) is 0 Å². The highest BCUT2D eigenvalue weighted by molar-refractivity contribution is 6.54. The Balaban J connectivity index is 2.63. The molecule has 0 aromatic carbocycles. The summed E-state index contributed by atoms with van der Waals surface area (Å²) in [5.41, 5.74) is 0. The van der Waals surface area contributed by atoms with Gasteiger partial charge in [0.25, 0.3) is 0 Å². The summed E-state index contributed by atoms with van der Waals surface area (Å²) in [6.07, 6.45) is 0. The van der Waals surface area contributed by atoms with Gasteiger partial charge >= 0.3 is 7.69 Å². The first kappa shape index (κ1) is 6.20. The van der Waals surface area contributed by atoms with E-state index in [2.05, 4.69) is 0 Å². The van der Waals surface area contributed by atoms with Gasteiger partial charge in [0, 0.05) is 0 Å². The molecule has 0 saturated carbocycles. The third-order valence-electron chi connectivity index (χ3n) is 0.408. The Morgan fingerprint density at radius 2 is 2.17 bits per heavy atom. The van der Waals surface area contributed by atoms with Crippen LogP contribution in [0.3, 0.4) is 0 Å². The molecular weight excluding hydrogens is 94.9 g/mol. The van der Waals surface area contributed by atoms with Crippen molar-refractivity contribution in [2.24, 2.45) is 0 Å². The molecule has 0 aliphatic rings. The minimum absolute atomic E-state index is 0.107. The monoisotopic (exact) mass is 104 g/mol. The smallest absolute Gasteiger partial charge is 0.424 e. The molecule has 0 amide bonds. The second kappa shape index (κ2) is 3.39. The molecule has 1 N–H and O–H groups in total. The highest BCUT2D eigenvalue weighted by Crippen LogP contribution is 1.75. The minimum Gasteiger partial charge on any atom is -0.459 e. The van der Waals surface area contributed by atoms with Gasteiger partial charge in [-0.15, -0.1) is 0 Å². The van der Waals surface area contributed by atoms with Crippen molar-refractivity contribution in [2.45, 2.75) is 13.1 Å². The van der Waals surface area contributed by atoms with Crippen molar-refractivity contribution in [3.05, 3.63) is 0 Å². The van der Waals surface area contributed by atoms with Gasteiger partial charge < -0.3 is 9.37 Å². The first-order valence-corrected chi connectivity index (χ1v) is 4.78. The number of hydrogen-bond donors (Lipinski definition) is 1. The van der Waals surface area contributed by atoms with Crippen molar-refractivity contribution >= 4 is 16.7 Å². The van der Waals surface area contributed by atoms with Crippen molar-refractivity contribution in [1.29, 1.82) is 0 Å². The molecule has 2 nitrogen and oxygen atoms in total. The molecule has 0 aromatic heterocycles. The average Bonchev–Trinajstić information content (AvgIpc) is 1.35. The third kappa shape index (κ3) is 4.20. The van der Waals surface area contributed by atoms with Crippen LogP contribution in [0.4, 0.5) is 0 Å². The van der Waals surface area contributed by atoms with Gasteiger partial charge in [-0.25, -0.2) is 0 Å². The highest BCUT2D eigenvalue weighted by Gasteiger charge is 1.90. The lowest BCUT2D eigenvalue weighted by Crippen LogP contribution is -2.10. The van der Waals surface area contributed by atoms with Crippen molar-refractivity contribution in [3.63, 3.8) is 0 Å². The van der Waals surface area contributed by atoms with E-state index >= 15 is 0 Å². The van der Waals surface area contributed by atoms with Crippen molar-refractivity contribution in [1.82, 2.24) is 0 Å². The second-order valence-corrected chi connectivity index (χ2v) is 3.78. The molecule has 0 fully saturated rings. The van der Waals surface area contributed by atoms with Crippen molar-refractivity contribution < 1.29 is 9.37 Å². The van der Waals surface area contributed by atoms with E-state index in [0.717, 1.165) is 0 Å². The van der Waals surface area contributed by atoms with Crippen molar-refractivity contribution in [3.8, 4) is 0 Å². The van der Waals surface area contributed by atoms with Gasteiger partial charge in [-0.2, -0.15) is 0 Å². The van der Waals surface area contributed by atoms with Gasteiger partial charge in [0.15, 0.2) is 9.04 Å². The molecule has 0 unspecified atom stereocenters. The molecule has 0 heterocycles. The molecule has 0 rings (SSSR count). The largest absolute Gasteiger partial charge is 0.459 e. The Labute approximate surface area is 40.2 Å². The molecule has 0 radical (unpaired) electrons. The van der Waals surface area contributed by atoms with Crippen LogP contribution in [0.15, 0.2) is 0 Å². The number of hydrogen-bond acceptors (Lipinski definition) is 2. The molecule has 0 bridgehead atoms. The molecule has 6 heavy (non-hydrogen) atoms. The fourth-order valence-electron chi connectivity index (χ4n) is 0.149. The molecule has 0 atom stereocenters. The lowest BCUT2D eigenvalue weighted by Gasteiger charge is -1.96. The van der Waals surface area contributed by atoms with Gasteiger partial charge in [0.2, 0.25) is 0 Å². The maximum absolute atomic E-state index is 8.05. The van der Waals surface area contributed by atoms with E-state index in [1.807, 2.05) is 13.1 Å². The average molecular weight is 104 g/mol. The van der Waals surface area contributed by atoms with E-state index in [9.17, 15) is 0 Å². The molecule has 4 heteroatoms. The summed E-state index contributed by atoms with van der Waals surface area (Å²) < 4.78 is 4.74. The summed E-state index contributed by atoms with van der Waals surface area (Å²) in [7, 11) is -1.03. The molecule has 0 aliphatic heterocycles. The summed E-state index contributed by atoms with van der Waals surface area (Å²) >= 11 is 0. The molecular formula is C2H9BO2Si. The van der Waals surface area contributed by atoms with E-state index in [1.165, 1.54) is 0 Å². The fraction of sp³-hybridized carbons (Fsp3) is 1.00. The van der Waals surface area contributed by atoms with Gasteiger partial charge in [0.1, 0.15) is 0 Å². The fourth-order valence-corrected chi connectivity index (χ4v) is 0.447. The highest BCUT2D eigenvalue weighted by atomic mass is 28.3. The van der Waals surface area contributed by atoms with E-state index in [0.29, 0.717) is 0 Å². The zero-order valence-corrected chi connectivity index (χ0v) is 5.29. The van der Waals surface area contributed by atoms with Crippen LogP contribution in [-0.4, -0.2) is 21.7 Å². The van der Waals surface area contributed by atoms with E-state index < -0.39 is 9.04 Å². The maximum Gasteiger partial charge on any atom is 0.424 e. The molecule has 0 aliphatic carbocycles. The Morgan fingerprint density at radius 3 is 2.17 bits per heavy atom. The topological polar surface area (TPSA) is 29.5 Å². The Morgan fingerprint density at radius 1 is 1.67 bits per heavy atom. The van der Waals surface area contributed by atoms with Gasteiger partial charge in [0.05, 0.1) is 0 Å². The predicted molar refractivity (Wildman–Crippen MR) is 29.3 cm³/mol. The first-order chi connectivity index (χ1) is 2.77. The molecule has 36 valence electrons. The summed E-state index contributed by atoms with van der Waals surface area (Å²) in [4.78, 5) is 0. The summed E-state index contributed by atoms with van der Waals surface area (Å²) in [6.45, 7) is 4.02. The normalized spacial score (nSPS) is 9.33. The maximum atomic E-state index is 8.05. The minimum atomic E-state index is -0.921. The molecule has 0 saturated heterocycles. The zero-order valence-electron chi connectivity index (χ0n) is 4.14. The van der Waals surface area contributed by atoms with Gasteiger partial charge in [-0.3, -0.25) is 0 Å². The standard InChI is InChI=1S/C2H9BO2Si/c1-6(2)5-3-4/h3-4,6H,1-2H3. The van der Waals surface area contributed by atoms with Crippen LogP contribution in [-0.2, 0) is 4.34 Å². The predicted octanol–water partition coefficient (Wildman–Crippen LogP) is -0.755. The molecule has 0 aromatic rings. The van der Waals surface area contributed by atoms with Crippen molar-refractivity contribution in [2.75, 3.05) is 0 Å². The van der Waals surface area contributed by atoms with Crippen LogP contribution < -0.4 is 0 Å². The third-order valence-corrected chi connectivity index (χ3v) is 1.22. The quantitative estimate of drug-likeness (QED) is 0.467. The Kier molecular flexibility index (Phi) is 3.51. The van der Waals surface area contributed by atoms with Crippen LogP contribution in [0.25, 0.3) is 0 Å². The second-order valence-electron chi connectivity index (χ2n) is 1.34.